The molecule has 4 nitrogen and oxygen atoms in total. The maximum atomic E-state index is 12.5. The van der Waals surface area contributed by atoms with Crippen LogP contribution >= 0.6 is 0 Å². The van der Waals surface area contributed by atoms with E-state index in [0.717, 1.165) is 12.1 Å². The summed E-state index contributed by atoms with van der Waals surface area (Å²) in [6.07, 6.45) is -4.18. The van der Waals surface area contributed by atoms with Crippen LogP contribution in [-0.4, -0.2) is 11.9 Å². The largest absolute Gasteiger partial charge is 0.416 e. The maximum absolute atomic E-state index is 12.5. The standard InChI is InChI=1S/C18H16F3NO3/c1-12(11-13-7-9-15(10-8-13)18(19,20)21)16(23)22-25-17(24)14-5-3-2-4-6-14/h2-10,12H,11H2,1H3,(H,22,23). The van der Waals surface area contributed by atoms with E-state index < -0.39 is 29.5 Å². The zero-order valence-electron chi connectivity index (χ0n) is 13.3. The molecule has 0 aliphatic heterocycles. The van der Waals surface area contributed by atoms with Crippen molar-refractivity contribution in [1.29, 1.82) is 0 Å². The summed E-state index contributed by atoms with van der Waals surface area (Å²) in [6, 6.07) is 12.7. The van der Waals surface area contributed by atoms with Crippen LogP contribution in [0.1, 0.15) is 28.4 Å². The molecule has 0 aliphatic rings. The highest BCUT2D eigenvalue weighted by molar-refractivity contribution is 5.90. The van der Waals surface area contributed by atoms with Crippen molar-refractivity contribution in [2.24, 2.45) is 5.92 Å². The first-order chi connectivity index (χ1) is 11.8. The molecule has 0 radical (unpaired) electrons. The Balaban J connectivity index is 1.87. The predicted octanol–water partition coefficient (Wildman–Crippen LogP) is 3.77. The van der Waals surface area contributed by atoms with Gasteiger partial charge >= 0.3 is 12.1 Å². The summed E-state index contributed by atoms with van der Waals surface area (Å²) in [5.41, 5.74) is 2.19. The summed E-state index contributed by atoms with van der Waals surface area (Å²) in [4.78, 5) is 28.4. The lowest BCUT2D eigenvalue weighted by Gasteiger charge is -2.13. The molecule has 132 valence electrons. The first kappa shape index (κ1) is 18.5. The van der Waals surface area contributed by atoms with Gasteiger partial charge in [-0.2, -0.15) is 18.7 Å². The monoisotopic (exact) mass is 351 g/mol. The molecule has 1 unspecified atom stereocenters. The summed E-state index contributed by atoms with van der Waals surface area (Å²) in [6.45, 7) is 1.59. The van der Waals surface area contributed by atoms with Gasteiger partial charge in [-0.05, 0) is 36.2 Å². The van der Waals surface area contributed by atoms with E-state index in [2.05, 4.69) is 5.48 Å². The molecule has 0 saturated heterocycles. The molecule has 25 heavy (non-hydrogen) atoms. The van der Waals surface area contributed by atoms with Crippen LogP contribution in [0, 0.1) is 5.92 Å². The maximum Gasteiger partial charge on any atom is 0.416 e. The Morgan fingerprint density at radius 3 is 2.20 bits per heavy atom. The van der Waals surface area contributed by atoms with Gasteiger partial charge in [0.15, 0.2) is 0 Å². The Morgan fingerprint density at radius 1 is 1.04 bits per heavy atom. The minimum atomic E-state index is -4.40. The minimum absolute atomic E-state index is 0.215. The Labute approximate surface area is 142 Å². The van der Waals surface area contributed by atoms with E-state index in [9.17, 15) is 22.8 Å². The number of carbonyl (C=O) groups is 2. The third-order valence-corrected chi connectivity index (χ3v) is 3.52. The van der Waals surface area contributed by atoms with Crippen molar-refractivity contribution in [2.45, 2.75) is 19.5 Å². The fourth-order valence-electron chi connectivity index (χ4n) is 2.11. The number of hydroxylamine groups is 1. The van der Waals surface area contributed by atoms with Gasteiger partial charge in [-0.25, -0.2) is 4.79 Å². The van der Waals surface area contributed by atoms with Crippen LogP contribution in [0.4, 0.5) is 13.2 Å². The predicted molar refractivity (Wildman–Crippen MR) is 84.3 cm³/mol. The summed E-state index contributed by atoms with van der Waals surface area (Å²) in [5, 5.41) is 0. The van der Waals surface area contributed by atoms with Gasteiger partial charge < -0.3 is 4.84 Å². The van der Waals surface area contributed by atoms with E-state index in [4.69, 9.17) is 4.84 Å². The van der Waals surface area contributed by atoms with Gasteiger partial charge in [0, 0.05) is 5.92 Å². The van der Waals surface area contributed by atoms with Gasteiger partial charge in [-0.15, -0.1) is 0 Å². The smallest absolute Gasteiger partial charge is 0.335 e. The second kappa shape index (κ2) is 7.83. The van der Waals surface area contributed by atoms with E-state index in [1.165, 1.54) is 12.1 Å². The zero-order chi connectivity index (χ0) is 18.4. The topological polar surface area (TPSA) is 55.4 Å². The Kier molecular flexibility index (Phi) is 5.80. The summed E-state index contributed by atoms with van der Waals surface area (Å²) in [5.74, 6) is -1.82. The number of alkyl halides is 3. The highest BCUT2D eigenvalue weighted by Crippen LogP contribution is 2.29. The van der Waals surface area contributed by atoms with Crippen molar-refractivity contribution < 1.29 is 27.6 Å². The lowest BCUT2D eigenvalue weighted by molar-refractivity contribution is -0.137. The van der Waals surface area contributed by atoms with Crippen LogP contribution in [0.3, 0.4) is 0 Å². The van der Waals surface area contributed by atoms with Crippen LogP contribution in [0.15, 0.2) is 54.6 Å². The van der Waals surface area contributed by atoms with E-state index in [1.807, 2.05) is 0 Å². The summed E-state index contributed by atoms with van der Waals surface area (Å²) < 4.78 is 37.5. The van der Waals surface area contributed by atoms with Gasteiger partial charge in [0.2, 0.25) is 0 Å². The molecule has 1 atom stereocenters. The molecule has 0 bridgehead atoms. The van der Waals surface area contributed by atoms with Crippen LogP contribution in [0.25, 0.3) is 0 Å². The fourth-order valence-corrected chi connectivity index (χ4v) is 2.11. The van der Waals surface area contributed by atoms with Crippen LogP contribution in [0.2, 0.25) is 0 Å². The Bertz CT molecular complexity index is 727. The van der Waals surface area contributed by atoms with Crippen molar-refractivity contribution in [2.75, 3.05) is 0 Å². The van der Waals surface area contributed by atoms with Crippen molar-refractivity contribution in [3.8, 4) is 0 Å². The van der Waals surface area contributed by atoms with E-state index >= 15 is 0 Å². The van der Waals surface area contributed by atoms with Gasteiger partial charge in [0.05, 0.1) is 11.1 Å². The van der Waals surface area contributed by atoms with E-state index in [-0.39, 0.29) is 12.0 Å². The van der Waals surface area contributed by atoms with Gasteiger partial charge in [0.1, 0.15) is 0 Å². The molecule has 0 fully saturated rings. The minimum Gasteiger partial charge on any atom is -0.335 e. The van der Waals surface area contributed by atoms with Gasteiger partial charge in [-0.1, -0.05) is 37.3 Å². The number of carbonyl (C=O) groups excluding carboxylic acids is 2. The van der Waals surface area contributed by atoms with Gasteiger partial charge in [0.25, 0.3) is 5.91 Å². The number of hydrogen-bond donors (Lipinski definition) is 1. The van der Waals surface area contributed by atoms with Crippen molar-refractivity contribution >= 4 is 11.9 Å². The second-order valence-corrected chi connectivity index (χ2v) is 5.52. The Hall–Kier alpha value is -2.83. The third-order valence-electron chi connectivity index (χ3n) is 3.52. The highest BCUT2D eigenvalue weighted by atomic mass is 19.4. The lowest BCUT2D eigenvalue weighted by atomic mass is 9.99. The highest BCUT2D eigenvalue weighted by Gasteiger charge is 2.30. The molecule has 0 aliphatic carbocycles. The summed E-state index contributed by atoms with van der Waals surface area (Å²) >= 11 is 0. The third kappa shape index (κ3) is 5.34. The number of halogens is 3. The average molecular weight is 351 g/mol. The molecule has 2 rings (SSSR count). The first-order valence-corrected chi connectivity index (χ1v) is 7.49. The molecule has 0 aromatic heterocycles. The molecule has 1 amide bonds. The van der Waals surface area contributed by atoms with Crippen molar-refractivity contribution in [3.63, 3.8) is 0 Å². The SMILES string of the molecule is CC(Cc1ccc(C(F)(F)F)cc1)C(=O)NOC(=O)c1ccccc1. The molecule has 0 spiro atoms. The molecular formula is C18H16F3NO3. The molecular weight excluding hydrogens is 335 g/mol. The number of benzene rings is 2. The summed E-state index contributed by atoms with van der Waals surface area (Å²) in [7, 11) is 0. The molecule has 0 heterocycles. The average Bonchev–Trinajstić information content (AvgIpc) is 2.59. The Morgan fingerprint density at radius 2 is 1.64 bits per heavy atom. The van der Waals surface area contributed by atoms with Crippen molar-refractivity contribution in [1.82, 2.24) is 5.48 Å². The lowest BCUT2D eigenvalue weighted by Crippen LogP contribution is -2.32. The van der Waals surface area contributed by atoms with Crippen LogP contribution in [0.5, 0.6) is 0 Å². The molecule has 2 aromatic rings. The second-order valence-electron chi connectivity index (χ2n) is 5.52. The molecule has 7 heteroatoms. The number of hydrogen-bond acceptors (Lipinski definition) is 3. The number of nitrogens with one attached hydrogen (secondary N) is 1. The zero-order valence-corrected chi connectivity index (χ0v) is 13.3. The number of amides is 1. The van der Waals surface area contributed by atoms with Crippen LogP contribution in [-0.2, 0) is 22.2 Å². The van der Waals surface area contributed by atoms with E-state index in [0.29, 0.717) is 5.56 Å². The molecule has 2 aromatic carbocycles. The first-order valence-electron chi connectivity index (χ1n) is 7.49. The van der Waals surface area contributed by atoms with Crippen LogP contribution < -0.4 is 5.48 Å². The van der Waals surface area contributed by atoms with Gasteiger partial charge in [-0.3, -0.25) is 4.79 Å². The van der Waals surface area contributed by atoms with E-state index in [1.54, 1.807) is 37.3 Å². The fraction of sp³-hybridized carbons (Fsp3) is 0.222. The van der Waals surface area contributed by atoms with Crippen molar-refractivity contribution in [3.05, 3.63) is 71.3 Å². The number of rotatable bonds is 4. The molecule has 0 saturated carbocycles. The quantitative estimate of drug-likeness (QED) is 0.853. The normalized spacial score (nSPS) is 12.3. The molecule has 1 N–H and O–H groups in total.